The van der Waals surface area contributed by atoms with Gasteiger partial charge in [-0.05, 0) is 43.4 Å². The van der Waals surface area contributed by atoms with E-state index in [0.29, 0.717) is 27.8 Å². The molecule has 0 atom stereocenters. The Hall–Kier alpha value is -1.91. The largest absolute Gasteiger partial charge is 0.416 e. The summed E-state index contributed by atoms with van der Waals surface area (Å²) in [5.41, 5.74) is 1.83. The summed E-state index contributed by atoms with van der Waals surface area (Å²) in [5.74, 6) is 0.502. The summed E-state index contributed by atoms with van der Waals surface area (Å²) in [5, 5.41) is 11.3. The molecule has 1 amide bonds. The number of nitrogens with one attached hydrogen (secondary N) is 1. The number of aromatic nitrogens is 1. The molecule has 10 heteroatoms. The Labute approximate surface area is 158 Å². The van der Waals surface area contributed by atoms with Gasteiger partial charge in [0.25, 0.3) is 0 Å². The second-order valence-electron chi connectivity index (χ2n) is 6.67. The number of fused-ring (bicyclic) bond motifs is 1. The molecule has 0 aliphatic carbocycles. The fraction of sp³-hybridized carbons (Fsp3) is 0.529. The van der Waals surface area contributed by atoms with Gasteiger partial charge in [0, 0.05) is 26.6 Å². The number of amides is 1. The maximum atomic E-state index is 12.8. The van der Waals surface area contributed by atoms with E-state index in [0.717, 1.165) is 55.8 Å². The monoisotopic (exact) mass is 402 g/mol. The average Bonchev–Trinajstić information content (AvgIpc) is 3.05. The molecule has 3 rings (SSSR count). The Morgan fingerprint density at radius 3 is 2.70 bits per heavy atom. The lowest BCUT2D eigenvalue weighted by atomic mass is 9.93. The Balaban J connectivity index is 1.64. The summed E-state index contributed by atoms with van der Waals surface area (Å²) in [6.45, 7) is 3.49. The molecule has 0 spiro atoms. The molecule has 1 aromatic heterocycles. The zero-order valence-electron chi connectivity index (χ0n) is 14.8. The lowest BCUT2D eigenvalue weighted by molar-refractivity contribution is -0.137. The van der Waals surface area contributed by atoms with Gasteiger partial charge in [0.05, 0.1) is 15.8 Å². The molecule has 2 aromatic rings. The van der Waals surface area contributed by atoms with Crippen LogP contribution in [0, 0.1) is 5.92 Å². The van der Waals surface area contributed by atoms with E-state index in [9.17, 15) is 23.2 Å². The van der Waals surface area contributed by atoms with Crippen molar-refractivity contribution in [1.82, 2.24) is 15.5 Å². The number of hydrazine groups is 1. The van der Waals surface area contributed by atoms with Crippen molar-refractivity contribution in [2.24, 2.45) is 5.92 Å². The lowest BCUT2D eigenvalue weighted by Crippen LogP contribution is -2.40. The summed E-state index contributed by atoms with van der Waals surface area (Å²) in [4.78, 5) is 17.5. The molecule has 2 heterocycles. The highest BCUT2D eigenvalue weighted by Crippen LogP contribution is 2.35. The molecule has 27 heavy (non-hydrogen) atoms. The number of hydrogen-bond acceptors (Lipinski definition) is 6. The number of carbonyl (C=O) groups is 1. The molecule has 0 radical (unpaired) electrons. The number of rotatable bonds is 5. The van der Waals surface area contributed by atoms with Gasteiger partial charge in [-0.3, -0.25) is 15.0 Å². The van der Waals surface area contributed by atoms with Gasteiger partial charge >= 0.3 is 6.18 Å². The number of nitrogens with zero attached hydrogens (tertiary/aromatic N) is 3. The van der Waals surface area contributed by atoms with Gasteiger partial charge in [0.2, 0.25) is 11.0 Å². The minimum Gasteiger partial charge on any atom is -0.343 e. The van der Waals surface area contributed by atoms with Crippen LogP contribution in [0.2, 0.25) is 0 Å². The summed E-state index contributed by atoms with van der Waals surface area (Å²) in [6.07, 6.45) is -1.83. The van der Waals surface area contributed by atoms with Crippen molar-refractivity contribution in [3.05, 3.63) is 23.8 Å². The number of carbonyl (C=O) groups excluding carboxylic acids is 1. The lowest BCUT2D eigenvalue weighted by Gasteiger charge is -2.32. The molecule has 148 valence electrons. The van der Waals surface area contributed by atoms with E-state index in [1.807, 2.05) is 4.90 Å². The van der Waals surface area contributed by atoms with Crippen LogP contribution < -0.4 is 10.6 Å². The van der Waals surface area contributed by atoms with E-state index in [1.165, 1.54) is 11.1 Å². The van der Waals surface area contributed by atoms with Crippen LogP contribution in [0.25, 0.3) is 10.2 Å². The van der Waals surface area contributed by atoms with Crippen molar-refractivity contribution in [3.8, 4) is 0 Å². The van der Waals surface area contributed by atoms with Crippen molar-refractivity contribution < 1.29 is 23.2 Å². The van der Waals surface area contributed by atoms with Crippen molar-refractivity contribution in [2.45, 2.75) is 32.4 Å². The Morgan fingerprint density at radius 1 is 1.41 bits per heavy atom. The predicted octanol–water partition coefficient (Wildman–Crippen LogP) is 3.66. The second-order valence-corrected chi connectivity index (χ2v) is 7.68. The van der Waals surface area contributed by atoms with Crippen molar-refractivity contribution in [3.63, 3.8) is 0 Å². The van der Waals surface area contributed by atoms with Crippen LogP contribution in [0.5, 0.6) is 0 Å². The molecule has 6 nitrogen and oxygen atoms in total. The van der Waals surface area contributed by atoms with Gasteiger partial charge in [-0.1, -0.05) is 11.3 Å². The van der Waals surface area contributed by atoms with Crippen molar-refractivity contribution in [1.29, 1.82) is 0 Å². The minimum atomic E-state index is -4.40. The van der Waals surface area contributed by atoms with E-state index in [-0.39, 0.29) is 5.91 Å². The quantitative estimate of drug-likeness (QED) is 0.747. The molecule has 1 aromatic carbocycles. The van der Waals surface area contributed by atoms with Crippen LogP contribution >= 0.6 is 11.3 Å². The maximum Gasteiger partial charge on any atom is 0.416 e. The highest BCUT2D eigenvalue weighted by Gasteiger charge is 2.31. The minimum absolute atomic E-state index is 0.0832. The van der Waals surface area contributed by atoms with Gasteiger partial charge in [-0.2, -0.15) is 13.2 Å². The van der Waals surface area contributed by atoms with E-state index in [4.69, 9.17) is 0 Å². The number of halogens is 3. The van der Waals surface area contributed by atoms with E-state index >= 15 is 0 Å². The standard InChI is InChI=1S/C17H21F3N4O2S/c1-11(25)23-7-4-12(5-8-23)6-9-24(22-26)16-21-14-3-2-13(17(18,19)20)10-15(14)27-16/h2-3,10,12,22,26H,4-9H2,1H3. The topological polar surface area (TPSA) is 68.7 Å². The van der Waals surface area contributed by atoms with Gasteiger partial charge < -0.3 is 4.90 Å². The summed E-state index contributed by atoms with van der Waals surface area (Å²) in [7, 11) is 0. The van der Waals surface area contributed by atoms with Crippen LogP contribution in [0.15, 0.2) is 18.2 Å². The molecule has 0 saturated carbocycles. The van der Waals surface area contributed by atoms with E-state index in [1.54, 1.807) is 6.92 Å². The van der Waals surface area contributed by atoms with Crippen molar-refractivity contribution >= 4 is 32.6 Å². The van der Waals surface area contributed by atoms with Crippen LogP contribution in [0.1, 0.15) is 31.7 Å². The Bertz CT molecular complexity index is 803. The molecular formula is C17H21F3N4O2S. The fourth-order valence-electron chi connectivity index (χ4n) is 3.24. The van der Waals surface area contributed by atoms with E-state index in [2.05, 4.69) is 10.6 Å². The first kappa shape index (κ1) is 19.8. The average molecular weight is 402 g/mol. The number of likely N-dealkylation sites (tertiary alicyclic amines) is 1. The highest BCUT2D eigenvalue weighted by molar-refractivity contribution is 7.22. The first-order valence-electron chi connectivity index (χ1n) is 8.68. The molecule has 1 saturated heterocycles. The smallest absolute Gasteiger partial charge is 0.343 e. The normalized spacial score (nSPS) is 16.1. The number of piperidine rings is 1. The SMILES string of the molecule is CC(=O)N1CCC(CCN(NO)c2nc3ccc(C(F)(F)F)cc3s2)CC1. The third-order valence-corrected chi connectivity index (χ3v) is 5.92. The summed E-state index contributed by atoms with van der Waals surface area (Å²) in [6, 6.07) is 3.42. The Morgan fingerprint density at radius 2 is 2.11 bits per heavy atom. The number of benzene rings is 1. The highest BCUT2D eigenvalue weighted by atomic mass is 32.1. The molecule has 1 aliphatic rings. The molecule has 0 bridgehead atoms. The van der Waals surface area contributed by atoms with Crippen molar-refractivity contribution in [2.75, 3.05) is 24.6 Å². The molecular weight excluding hydrogens is 381 g/mol. The molecule has 2 N–H and O–H groups in total. The third-order valence-electron chi connectivity index (χ3n) is 4.88. The van der Waals surface area contributed by atoms with Crippen LogP contribution in [0.3, 0.4) is 0 Å². The fourth-order valence-corrected chi connectivity index (χ4v) is 4.23. The van der Waals surface area contributed by atoms with Gasteiger partial charge in [0.1, 0.15) is 0 Å². The molecule has 0 unspecified atom stereocenters. The van der Waals surface area contributed by atoms with Crippen LogP contribution in [-0.4, -0.2) is 40.6 Å². The van der Waals surface area contributed by atoms with Crippen LogP contribution in [0.4, 0.5) is 18.3 Å². The van der Waals surface area contributed by atoms with Gasteiger partial charge in [0.15, 0.2) is 0 Å². The molecule has 1 fully saturated rings. The number of hydrogen-bond donors (Lipinski definition) is 2. The maximum absolute atomic E-state index is 12.8. The van der Waals surface area contributed by atoms with Gasteiger partial charge in [-0.15, -0.1) is 5.59 Å². The summed E-state index contributed by atoms with van der Waals surface area (Å²) >= 11 is 1.09. The zero-order chi connectivity index (χ0) is 19.6. The number of anilines is 1. The molecule has 1 aliphatic heterocycles. The Kier molecular flexibility index (Phi) is 5.87. The first-order valence-corrected chi connectivity index (χ1v) is 9.50. The predicted molar refractivity (Wildman–Crippen MR) is 96.5 cm³/mol. The van der Waals surface area contributed by atoms with Crippen LogP contribution in [-0.2, 0) is 11.0 Å². The summed E-state index contributed by atoms with van der Waals surface area (Å²) < 4.78 is 39.0. The first-order chi connectivity index (χ1) is 12.8. The number of thiazole rings is 1. The number of alkyl halides is 3. The zero-order valence-corrected chi connectivity index (χ0v) is 15.6. The second kappa shape index (κ2) is 7.99. The van der Waals surface area contributed by atoms with Gasteiger partial charge in [-0.25, -0.2) is 4.98 Å². The van der Waals surface area contributed by atoms with E-state index < -0.39 is 11.7 Å². The third kappa shape index (κ3) is 4.69.